The van der Waals surface area contributed by atoms with Crippen LogP contribution in [-0.2, 0) is 6.54 Å². The molecule has 0 aliphatic heterocycles. The quantitative estimate of drug-likeness (QED) is 0.803. The van der Waals surface area contributed by atoms with Gasteiger partial charge >= 0.3 is 0 Å². The van der Waals surface area contributed by atoms with Gasteiger partial charge in [0.25, 0.3) is 0 Å². The average molecular weight is 226 g/mol. The van der Waals surface area contributed by atoms with Gasteiger partial charge in [0.2, 0.25) is 0 Å². The highest BCUT2D eigenvalue weighted by atomic mass is 35.5. The smallest absolute Gasteiger partial charge is 0.0450 e. The van der Waals surface area contributed by atoms with Crippen molar-refractivity contribution in [1.82, 2.24) is 5.32 Å². The van der Waals surface area contributed by atoms with Gasteiger partial charge in [-0.2, -0.15) is 0 Å². The van der Waals surface area contributed by atoms with E-state index in [9.17, 15) is 0 Å². The Kier molecular flexibility index (Phi) is 5.13. The summed E-state index contributed by atoms with van der Waals surface area (Å²) in [6.45, 7) is 7.57. The van der Waals surface area contributed by atoms with E-state index in [1.807, 2.05) is 18.2 Å². The van der Waals surface area contributed by atoms with Crippen molar-refractivity contribution in [3.05, 3.63) is 34.9 Å². The van der Waals surface area contributed by atoms with E-state index < -0.39 is 0 Å². The molecular weight excluding hydrogens is 206 g/mol. The minimum Gasteiger partial charge on any atom is -0.310 e. The van der Waals surface area contributed by atoms with Gasteiger partial charge in [-0.25, -0.2) is 0 Å². The summed E-state index contributed by atoms with van der Waals surface area (Å²) < 4.78 is 0. The van der Waals surface area contributed by atoms with E-state index in [0.717, 1.165) is 11.6 Å². The lowest BCUT2D eigenvalue weighted by atomic mass is 10.0. The van der Waals surface area contributed by atoms with Gasteiger partial charge in [-0.05, 0) is 24.5 Å². The van der Waals surface area contributed by atoms with E-state index in [2.05, 4.69) is 32.2 Å². The minimum absolute atomic E-state index is 0.534. The first-order valence-corrected chi connectivity index (χ1v) is 5.99. The van der Waals surface area contributed by atoms with Gasteiger partial charge in [0.15, 0.2) is 0 Å². The molecule has 0 bridgehead atoms. The Morgan fingerprint density at radius 2 is 1.93 bits per heavy atom. The molecule has 0 heterocycles. The van der Waals surface area contributed by atoms with Crippen molar-refractivity contribution < 1.29 is 0 Å². The molecule has 0 aromatic heterocycles. The molecule has 1 aromatic rings. The van der Waals surface area contributed by atoms with Gasteiger partial charge < -0.3 is 5.32 Å². The normalized spacial score (nSPS) is 14.9. The Balaban J connectivity index is 2.47. The van der Waals surface area contributed by atoms with Gasteiger partial charge in [-0.15, -0.1) is 0 Å². The highest BCUT2D eigenvalue weighted by Gasteiger charge is 2.09. The van der Waals surface area contributed by atoms with Crippen LogP contribution in [0.5, 0.6) is 0 Å². The minimum atomic E-state index is 0.534. The van der Waals surface area contributed by atoms with Crippen LogP contribution in [0, 0.1) is 5.92 Å². The first kappa shape index (κ1) is 12.5. The van der Waals surface area contributed by atoms with Crippen LogP contribution in [0.25, 0.3) is 0 Å². The zero-order valence-electron chi connectivity index (χ0n) is 9.76. The van der Waals surface area contributed by atoms with Crippen LogP contribution in [0.3, 0.4) is 0 Å². The third-order valence-electron chi connectivity index (χ3n) is 3.07. The van der Waals surface area contributed by atoms with Crippen molar-refractivity contribution in [2.24, 2.45) is 5.92 Å². The molecule has 0 aliphatic carbocycles. The summed E-state index contributed by atoms with van der Waals surface area (Å²) in [5.41, 5.74) is 1.18. The van der Waals surface area contributed by atoms with Gasteiger partial charge in [-0.3, -0.25) is 0 Å². The van der Waals surface area contributed by atoms with E-state index in [0.29, 0.717) is 12.0 Å². The highest BCUT2D eigenvalue weighted by molar-refractivity contribution is 6.31. The standard InChI is InChI=1S/C13H20ClN/c1-4-10(2)11(3)15-9-12-7-5-6-8-13(12)14/h5-8,10-11,15H,4,9H2,1-3H3/t10-,11-/m1/s1. The molecule has 84 valence electrons. The highest BCUT2D eigenvalue weighted by Crippen LogP contribution is 2.15. The van der Waals surface area contributed by atoms with Gasteiger partial charge in [0.05, 0.1) is 0 Å². The zero-order chi connectivity index (χ0) is 11.3. The molecule has 2 atom stereocenters. The van der Waals surface area contributed by atoms with Crippen molar-refractivity contribution >= 4 is 11.6 Å². The molecule has 0 spiro atoms. The molecule has 0 radical (unpaired) electrons. The molecule has 1 aromatic carbocycles. The summed E-state index contributed by atoms with van der Waals surface area (Å²) in [6.07, 6.45) is 1.21. The van der Waals surface area contributed by atoms with Crippen LogP contribution in [0.15, 0.2) is 24.3 Å². The molecule has 2 heteroatoms. The molecule has 0 saturated heterocycles. The fourth-order valence-electron chi connectivity index (χ4n) is 1.47. The zero-order valence-corrected chi connectivity index (χ0v) is 10.5. The van der Waals surface area contributed by atoms with E-state index in [1.165, 1.54) is 12.0 Å². The Labute approximate surface area is 97.8 Å². The predicted octanol–water partition coefficient (Wildman–Crippen LogP) is 3.86. The second-order valence-corrected chi connectivity index (χ2v) is 4.55. The maximum Gasteiger partial charge on any atom is 0.0450 e. The number of hydrogen-bond acceptors (Lipinski definition) is 1. The lowest BCUT2D eigenvalue weighted by Gasteiger charge is -2.20. The first-order valence-electron chi connectivity index (χ1n) is 5.62. The number of rotatable bonds is 5. The third-order valence-corrected chi connectivity index (χ3v) is 3.44. The lowest BCUT2D eigenvalue weighted by molar-refractivity contribution is 0.389. The van der Waals surface area contributed by atoms with E-state index >= 15 is 0 Å². The van der Waals surface area contributed by atoms with Crippen molar-refractivity contribution in [3.63, 3.8) is 0 Å². The molecule has 15 heavy (non-hydrogen) atoms. The van der Waals surface area contributed by atoms with Crippen LogP contribution >= 0.6 is 11.6 Å². The molecule has 1 nitrogen and oxygen atoms in total. The maximum absolute atomic E-state index is 6.08. The Hall–Kier alpha value is -0.530. The van der Waals surface area contributed by atoms with Crippen molar-refractivity contribution in [3.8, 4) is 0 Å². The number of hydrogen-bond donors (Lipinski definition) is 1. The van der Waals surface area contributed by atoms with Crippen LogP contribution in [-0.4, -0.2) is 6.04 Å². The predicted molar refractivity (Wildman–Crippen MR) is 67.2 cm³/mol. The van der Waals surface area contributed by atoms with Gasteiger partial charge in [0.1, 0.15) is 0 Å². The second-order valence-electron chi connectivity index (χ2n) is 4.15. The molecule has 0 aliphatic rings. The summed E-state index contributed by atoms with van der Waals surface area (Å²) in [5.74, 6) is 0.701. The fourth-order valence-corrected chi connectivity index (χ4v) is 1.67. The number of halogens is 1. The van der Waals surface area contributed by atoms with Gasteiger partial charge in [-0.1, -0.05) is 50.1 Å². The fraction of sp³-hybridized carbons (Fsp3) is 0.538. The van der Waals surface area contributed by atoms with Crippen molar-refractivity contribution in [2.75, 3.05) is 0 Å². The van der Waals surface area contributed by atoms with E-state index in [1.54, 1.807) is 0 Å². The lowest BCUT2D eigenvalue weighted by Crippen LogP contribution is -2.31. The molecule has 0 unspecified atom stereocenters. The Morgan fingerprint density at radius 1 is 1.27 bits per heavy atom. The third kappa shape index (κ3) is 3.84. The topological polar surface area (TPSA) is 12.0 Å². The summed E-state index contributed by atoms with van der Waals surface area (Å²) in [7, 11) is 0. The maximum atomic E-state index is 6.08. The summed E-state index contributed by atoms with van der Waals surface area (Å²) in [4.78, 5) is 0. The summed E-state index contributed by atoms with van der Waals surface area (Å²) in [6, 6.07) is 8.53. The molecule has 1 N–H and O–H groups in total. The van der Waals surface area contributed by atoms with Gasteiger partial charge in [0, 0.05) is 17.6 Å². The molecule has 0 fully saturated rings. The van der Waals surface area contributed by atoms with Crippen LogP contribution < -0.4 is 5.32 Å². The molecular formula is C13H20ClN. The van der Waals surface area contributed by atoms with E-state index in [4.69, 9.17) is 11.6 Å². The largest absolute Gasteiger partial charge is 0.310 e. The summed E-state index contributed by atoms with van der Waals surface area (Å²) in [5, 5.41) is 4.35. The van der Waals surface area contributed by atoms with Crippen LogP contribution in [0.4, 0.5) is 0 Å². The second kappa shape index (κ2) is 6.14. The molecule has 0 saturated carbocycles. The molecule has 0 amide bonds. The average Bonchev–Trinajstić information content (AvgIpc) is 2.26. The van der Waals surface area contributed by atoms with Crippen molar-refractivity contribution in [2.45, 2.75) is 39.8 Å². The summed E-state index contributed by atoms with van der Waals surface area (Å²) >= 11 is 6.08. The van der Waals surface area contributed by atoms with Crippen LogP contribution in [0.2, 0.25) is 5.02 Å². The number of benzene rings is 1. The number of nitrogens with one attached hydrogen (secondary N) is 1. The van der Waals surface area contributed by atoms with Crippen LogP contribution in [0.1, 0.15) is 32.8 Å². The Morgan fingerprint density at radius 3 is 2.53 bits per heavy atom. The Bertz CT molecular complexity index is 298. The first-order chi connectivity index (χ1) is 7.15. The van der Waals surface area contributed by atoms with Crippen molar-refractivity contribution in [1.29, 1.82) is 0 Å². The van der Waals surface area contributed by atoms with E-state index in [-0.39, 0.29) is 0 Å². The molecule has 1 rings (SSSR count). The SMILES string of the molecule is CC[C@@H](C)[C@@H](C)NCc1ccccc1Cl. The monoisotopic (exact) mass is 225 g/mol.